The topological polar surface area (TPSA) is 3.24 Å². The van der Waals surface area contributed by atoms with E-state index in [-0.39, 0.29) is 0 Å². The molecule has 0 unspecified atom stereocenters. The maximum Gasteiger partial charge on any atom is 0.0488 e. The number of fused-ring (bicyclic) bond motifs is 3. The van der Waals surface area contributed by atoms with E-state index < -0.39 is 0 Å². The number of para-hydroxylation sites is 2. The van der Waals surface area contributed by atoms with Crippen molar-refractivity contribution in [2.45, 2.75) is 0 Å². The third-order valence-electron chi connectivity index (χ3n) is 5.20. The summed E-state index contributed by atoms with van der Waals surface area (Å²) in [6.45, 7) is 0. The number of hydrogen-bond acceptors (Lipinski definition) is 1. The van der Waals surface area contributed by atoms with Crippen LogP contribution in [0.2, 0.25) is 0 Å². The van der Waals surface area contributed by atoms with Gasteiger partial charge in [0.05, 0.1) is 0 Å². The SMILES string of the molecule is CN1c2ccccc2C(=Cc2ccc3ccccc3c2)c2ccccc21. The second-order valence-electron chi connectivity index (χ2n) is 6.76. The average Bonchev–Trinajstić information content (AvgIpc) is 2.71. The highest BCUT2D eigenvalue weighted by Crippen LogP contribution is 2.44. The molecule has 0 bridgehead atoms. The van der Waals surface area contributed by atoms with Crippen molar-refractivity contribution in [2.75, 3.05) is 11.9 Å². The van der Waals surface area contributed by atoms with E-state index >= 15 is 0 Å². The van der Waals surface area contributed by atoms with Crippen LogP contribution in [-0.2, 0) is 0 Å². The first kappa shape index (κ1) is 15.0. The number of nitrogens with zero attached hydrogens (tertiary/aromatic N) is 1. The third-order valence-corrected chi connectivity index (χ3v) is 5.20. The number of anilines is 2. The van der Waals surface area contributed by atoms with Gasteiger partial charge >= 0.3 is 0 Å². The predicted octanol–water partition coefficient (Wildman–Crippen LogP) is 6.51. The van der Waals surface area contributed by atoms with Gasteiger partial charge in [-0.3, -0.25) is 0 Å². The molecule has 0 fully saturated rings. The molecule has 1 heterocycles. The van der Waals surface area contributed by atoms with Gasteiger partial charge in [-0.05, 0) is 46.2 Å². The van der Waals surface area contributed by atoms with Gasteiger partial charge in [0.25, 0.3) is 0 Å². The fourth-order valence-electron chi connectivity index (χ4n) is 3.88. The first-order valence-electron chi connectivity index (χ1n) is 8.94. The highest BCUT2D eigenvalue weighted by Gasteiger charge is 2.23. The molecule has 0 radical (unpaired) electrons. The fourth-order valence-corrected chi connectivity index (χ4v) is 3.88. The molecule has 124 valence electrons. The zero-order valence-corrected chi connectivity index (χ0v) is 14.7. The smallest absolute Gasteiger partial charge is 0.0488 e. The van der Waals surface area contributed by atoms with Crippen molar-refractivity contribution in [3.05, 3.63) is 108 Å². The summed E-state index contributed by atoms with van der Waals surface area (Å²) in [7, 11) is 2.14. The summed E-state index contributed by atoms with van der Waals surface area (Å²) in [6.07, 6.45) is 2.32. The summed E-state index contributed by atoms with van der Waals surface area (Å²) in [6, 6.07) is 32.5. The van der Waals surface area contributed by atoms with Crippen LogP contribution in [0.4, 0.5) is 11.4 Å². The molecule has 1 heteroatoms. The van der Waals surface area contributed by atoms with Crippen molar-refractivity contribution in [1.82, 2.24) is 0 Å². The van der Waals surface area contributed by atoms with Gasteiger partial charge in [0.1, 0.15) is 0 Å². The molecular formula is C25H19N. The summed E-state index contributed by atoms with van der Waals surface area (Å²) >= 11 is 0. The van der Waals surface area contributed by atoms with Gasteiger partial charge in [0.15, 0.2) is 0 Å². The van der Waals surface area contributed by atoms with Crippen molar-refractivity contribution in [3.8, 4) is 0 Å². The normalized spacial score (nSPS) is 12.7. The summed E-state index contributed by atoms with van der Waals surface area (Å²) < 4.78 is 0. The fraction of sp³-hybridized carbons (Fsp3) is 0.0400. The highest BCUT2D eigenvalue weighted by atomic mass is 15.1. The lowest BCUT2D eigenvalue weighted by molar-refractivity contribution is 1.17. The lowest BCUT2D eigenvalue weighted by atomic mass is 9.89. The zero-order valence-electron chi connectivity index (χ0n) is 14.7. The Kier molecular flexibility index (Phi) is 3.39. The molecule has 1 aliphatic heterocycles. The van der Waals surface area contributed by atoms with E-state index in [1.807, 2.05) is 0 Å². The molecular weight excluding hydrogens is 314 g/mol. The molecule has 4 aromatic rings. The molecule has 4 aromatic carbocycles. The minimum absolute atomic E-state index is 1.23. The second kappa shape index (κ2) is 5.89. The quantitative estimate of drug-likeness (QED) is 0.384. The van der Waals surface area contributed by atoms with Crippen LogP contribution in [0.5, 0.6) is 0 Å². The van der Waals surface area contributed by atoms with Gasteiger partial charge in [-0.2, -0.15) is 0 Å². The number of rotatable bonds is 1. The van der Waals surface area contributed by atoms with E-state index in [9.17, 15) is 0 Å². The lowest BCUT2D eigenvalue weighted by Gasteiger charge is -2.31. The second-order valence-corrected chi connectivity index (χ2v) is 6.76. The summed E-state index contributed by atoms with van der Waals surface area (Å²) in [5.41, 5.74) is 7.57. The van der Waals surface area contributed by atoms with Crippen LogP contribution in [0.3, 0.4) is 0 Å². The lowest BCUT2D eigenvalue weighted by Crippen LogP contribution is -2.17. The largest absolute Gasteiger partial charge is 0.344 e. The van der Waals surface area contributed by atoms with E-state index in [2.05, 4.69) is 109 Å². The van der Waals surface area contributed by atoms with E-state index in [0.717, 1.165) is 0 Å². The van der Waals surface area contributed by atoms with E-state index in [4.69, 9.17) is 0 Å². The van der Waals surface area contributed by atoms with Gasteiger partial charge in [-0.15, -0.1) is 0 Å². The standard InChI is InChI=1S/C25H19N/c1-26-24-12-6-4-10-21(24)23(22-11-5-7-13-25(22)26)17-18-14-15-19-8-2-3-9-20(19)16-18/h2-17H,1H3. The van der Waals surface area contributed by atoms with E-state index in [1.54, 1.807) is 0 Å². The Morgan fingerprint density at radius 3 is 1.88 bits per heavy atom. The molecule has 0 saturated carbocycles. The van der Waals surface area contributed by atoms with Crippen molar-refractivity contribution in [1.29, 1.82) is 0 Å². The van der Waals surface area contributed by atoms with Crippen molar-refractivity contribution >= 4 is 33.8 Å². The van der Waals surface area contributed by atoms with Crippen LogP contribution in [-0.4, -0.2) is 7.05 Å². The van der Waals surface area contributed by atoms with Crippen LogP contribution in [0, 0.1) is 0 Å². The highest BCUT2D eigenvalue weighted by molar-refractivity contribution is 6.04. The maximum atomic E-state index is 2.32. The Hall–Kier alpha value is -3.32. The molecule has 0 amide bonds. The first-order chi connectivity index (χ1) is 12.8. The van der Waals surface area contributed by atoms with Crippen LogP contribution in [0.15, 0.2) is 91.0 Å². The molecule has 1 aliphatic rings. The van der Waals surface area contributed by atoms with Gasteiger partial charge in [0, 0.05) is 29.5 Å². The molecule has 0 N–H and O–H groups in total. The molecule has 1 nitrogen and oxygen atoms in total. The monoisotopic (exact) mass is 333 g/mol. The van der Waals surface area contributed by atoms with Gasteiger partial charge in [0.2, 0.25) is 0 Å². The van der Waals surface area contributed by atoms with Crippen LogP contribution in [0.1, 0.15) is 16.7 Å². The Morgan fingerprint density at radius 2 is 1.19 bits per heavy atom. The molecule has 0 spiro atoms. The predicted molar refractivity (Wildman–Crippen MR) is 112 cm³/mol. The summed E-state index contributed by atoms with van der Waals surface area (Å²) in [5.74, 6) is 0. The number of benzene rings is 4. The van der Waals surface area contributed by atoms with Gasteiger partial charge < -0.3 is 4.90 Å². The van der Waals surface area contributed by atoms with Gasteiger partial charge in [-0.25, -0.2) is 0 Å². The first-order valence-corrected chi connectivity index (χ1v) is 8.94. The molecule has 0 saturated heterocycles. The van der Waals surface area contributed by atoms with Crippen molar-refractivity contribution in [2.24, 2.45) is 0 Å². The molecule has 0 aromatic heterocycles. The Balaban J connectivity index is 1.75. The maximum absolute atomic E-state index is 2.32. The molecule has 0 aliphatic carbocycles. The Morgan fingerprint density at radius 1 is 0.615 bits per heavy atom. The summed E-state index contributed by atoms with van der Waals surface area (Å²) in [5, 5.41) is 2.55. The van der Waals surface area contributed by atoms with E-state index in [1.165, 1.54) is 44.4 Å². The van der Waals surface area contributed by atoms with Gasteiger partial charge in [-0.1, -0.05) is 72.8 Å². The van der Waals surface area contributed by atoms with Crippen molar-refractivity contribution < 1.29 is 0 Å². The van der Waals surface area contributed by atoms with E-state index in [0.29, 0.717) is 0 Å². The van der Waals surface area contributed by atoms with Crippen molar-refractivity contribution in [3.63, 3.8) is 0 Å². The minimum atomic E-state index is 1.23. The Bertz CT molecular complexity index is 1100. The number of hydrogen-bond donors (Lipinski definition) is 0. The van der Waals surface area contributed by atoms with Crippen LogP contribution >= 0.6 is 0 Å². The Labute approximate surface area is 153 Å². The summed E-state index contributed by atoms with van der Waals surface area (Å²) in [4.78, 5) is 2.28. The minimum Gasteiger partial charge on any atom is -0.344 e. The molecule has 5 rings (SSSR count). The van der Waals surface area contributed by atoms with Crippen LogP contribution in [0.25, 0.3) is 22.4 Å². The zero-order chi connectivity index (χ0) is 17.5. The molecule has 0 atom stereocenters. The van der Waals surface area contributed by atoms with Crippen LogP contribution < -0.4 is 4.90 Å². The average molecular weight is 333 g/mol. The molecule has 26 heavy (non-hydrogen) atoms. The third kappa shape index (κ3) is 2.33.